The molecule has 0 saturated carbocycles. The molecule has 0 aliphatic heterocycles. The fourth-order valence-electron chi connectivity index (χ4n) is 1.63. The van der Waals surface area contributed by atoms with Crippen LogP contribution in [0.2, 0.25) is 0 Å². The normalized spacial score (nSPS) is 9.75. The van der Waals surface area contributed by atoms with Crippen LogP contribution in [0, 0.1) is 17.7 Å². The van der Waals surface area contributed by atoms with Crippen molar-refractivity contribution in [1.82, 2.24) is 5.32 Å². The van der Waals surface area contributed by atoms with E-state index in [9.17, 15) is 9.18 Å². The van der Waals surface area contributed by atoms with Crippen LogP contribution in [0.25, 0.3) is 0 Å². The summed E-state index contributed by atoms with van der Waals surface area (Å²) in [5.74, 6) is 5.21. The van der Waals surface area contributed by atoms with Gasteiger partial charge in [-0.1, -0.05) is 25.2 Å². The Balaban J connectivity index is 2.63. The summed E-state index contributed by atoms with van der Waals surface area (Å²) in [6.45, 7) is 2.19. The largest absolute Gasteiger partial charge is 0.395 e. The van der Waals surface area contributed by atoms with Gasteiger partial charge in [0.05, 0.1) is 6.61 Å². The molecule has 1 amide bonds. The molecule has 0 heterocycles. The Kier molecular flexibility index (Phi) is 7.38. The summed E-state index contributed by atoms with van der Waals surface area (Å²) in [7, 11) is 0. The summed E-state index contributed by atoms with van der Waals surface area (Å²) in [4.78, 5) is 11.5. The number of halogens is 1. The van der Waals surface area contributed by atoms with Crippen LogP contribution in [0.3, 0.4) is 0 Å². The van der Waals surface area contributed by atoms with Gasteiger partial charge >= 0.3 is 0 Å². The lowest BCUT2D eigenvalue weighted by Gasteiger charge is -2.06. The number of unbranched alkanes of at least 4 members (excludes halogenated alkanes) is 1. The van der Waals surface area contributed by atoms with E-state index < -0.39 is 0 Å². The maximum atomic E-state index is 13.6. The Morgan fingerprint density at radius 1 is 1.45 bits per heavy atom. The van der Waals surface area contributed by atoms with Gasteiger partial charge in [0, 0.05) is 30.5 Å². The van der Waals surface area contributed by atoms with Crippen LogP contribution < -0.4 is 5.32 Å². The molecule has 0 unspecified atom stereocenters. The first-order valence-electron chi connectivity index (χ1n) is 6.82. The van der Waals surface area contributed by atoms with Crippen molar-refractivity contribution in [3.63, 3.8) is 0 Å². The van der Waals surface area contributed by atoms with Crippen LogP contribution in [0.15, 0.2) is 18.2 Å². The van der Waals surface area contributed by atoms with E-state index in [0.717, 1.165) is 12.8 Å². The Morgan fingerprint density at radius 3 is 2.95 bits per heavy atom. The minimum Gasteiger partial charge on any atom is -0.395 e. The van der Waals surface area contributed by atoms with Crippen LogP contribution in [-0.2, 0) is 11.3 Å². The van der Waals surface area contributed by atoms with Gasteiger partial charge in [0.1, 0.15) is 5.82 Å². The summed E-state index contributed by atoms with van der Waals surface area (Å²) in [6, 6.07) is 4.55. The molecule has 1 rings (SSSR count). The predicted octanol–water partition coefficient (Wildman–Crippen LogP) is 2.37. The molecule has 0 atom stereocenters. The molecule has 0 aliphatic rings. The van der Waals surface area contributed by atoms with Gasteiger partial charge in [-0.2, -0.15) is 0 Å². The minimum atomic E-state index is -0.353. The monoisotopic (exact) mass is 277 g/mol. The van der Waals surface area contributed by atoms with E-state index in [4.69, 9.17) is 5.11 Å². The number of nitrogens with one attached hydrogen (secondary N) is 1. The topological polar surface area (TPSA) is 49.3 Å². The first kappa shape index (κ1) is 16.2. The quantitative estimate of drug-likeness (QED) is 0.784. The number of amides is 1. The molecule has 0 radical (unpaired) electrons. The van der Waals surface area contributed by atoms with E-state index in [-0.39, 0.29) is 24.9 Å². The number of carbonyl (C=O) groups is 1. The van der Waals surface area contributed by atoms with E-state index in [1.807, 2.05) is 6.92 Å². The van der Waals surface area contributed by atoms with E-state index in [0.29, 0.717) is 24.0 Å². The van der Waals surface area contributed by atoms with Gasteiger partial charge in [-0.25, -0.2) is 4.39 Å². The highest BCUT2D eigenvalue weighted by molar-refractivity contribution is 5.75. The van der Waals surface area contributed by atoms with Gasteiger partial charge in [0.15, 0.2) is 0 Å². The first-order chi connectivity index (χ1) is 9.67. The molecule has 0 fully saturated rings. The number of hydrogen-bond donors (Lipinski definition) is 2. The van der Waals surface area contributed by atoms with Crippen molar-refractivity contribution >= 4 is 5.91 Å². The molecule has 0 saturated heterocycles. The van der Waals surface area contributed by atoms with Crippen LogP contribution in [0.5, 0.6) is 0 Å². The average Bonchev–Trinajstić information content (AvgIpc) is 2.45. The molecule has 1 aromatic carbocycles. The molecule has 108 valence electrons. The zero-order valence-electron chi connectivity index (χ0n) is 11.7. The van der Waals surface area contributed by atoms with Gasteiger partial charge in [0.25, 0.3) is 0 Å². The fraction of sp³-hybridized carbons (Fsp3) is 0.438. The lowest BCUT2D eigenvalue weighted by Crippen LogP contribution is -2.22. The van der Waals surface area contributed by atoms with Crippen molar-refractivity contribution in [2.24, 2.45) is 0 Å². The lowest BCUT2D eigenvalue weighted by molar-refractivity contribution is -0.121. The van der Waals surface area contributed by atoms with Gasteiger partial charge < -0.3 is 10.4 Å². The van der Waals surface area contributed by atoms with E-state index in [1.54, 1.807) is 12.1 Å². The van der Waals surface area contributed by atoms with Crippen molar-refractivity contribution in [1.29, 1.82) is 0 Å². The number of rotatable bonds is 6. The summed E-state index contributed by atoms with van der Waals surface area (Å²) in [5.41, 5.74) is 1.10. The molecule has 3 nitrogen and oxygen atoms in total. The third-order valence-corrected chi connectivity index (χ3v) is 2.75. The predicted molar refractivity (Wildman–Crippen MR) is 76.4 cm³/mol. The van der Waals surface area contributed by atoms with Crippen LogP contribution >= 0.6 is 0 Å². The van der Waals surface area contributed by atoms with Crippen molar-refractivity contribution in [3.05, 3.63) is 35.1 Å². The van der Waals surface area contributed by atoms with Crippen LogP contribution in [0.1, 0.15) is 43.7 Å². The van der Waals surface area contributed by atoms with Crippen LogP contribution in [-0.4, -0.2) is 17.6 Å². The van der Waals surface area contributed by atoms with Gasteiger partial charge in [-0.05, 0) is 24.6 Å². The lowest BCUT2D eigenvalue weighted by atomic mass is 10.1. The Bertz CT molecular complexity index is 503. The number of carbonyl (C=O) groups excluding carboxylic acids is 1. The molecule has 0 bridgehead atoms. The highest BCUT2D eigenvalue weighted by Gasteiger charge is 2.05. The first-order valence-corrected chi connectivity index (χ1v) is 6.82. The number of aliphatic hydroxyl groups is 1. The molecule has 0 aromatic heterocycles. The van der Waals surface area contributed by atoms with E-state index >= 15 is 0 Å². The molecule has 1 aromatic rings. The van der Waals surface area contributed by atoms with Crippen molar-refractivity contribution < 1.29 is 14.3 Å². The second-order valence-corrected chi connectivity index (χ2v) is 4.46. The Hall–Kier alpha value is -1.86. The number of hydrogen-bond acceptors (Lipinski definition) is 2. The summed E-state index contributed by atoms with van der Waals surface area (Å²) in [6.07, 6.45) is 2.65. The van der Waals surface area contributed by atoms with Gasteiger partial charge in [-0.15, -0.1) is 0 Å². The summed E-state index contributed by atoms with van der Waals surface area (Å²) >= 11 is 0. The molecule has 2 N–H and O–H groups in total. The third kappa shape index (κ3) is 5.85. The molecule has 0 spiro atoms. The third-order valence-electron chi connectivity index (χ3n) is 2.75. The molecule has 0 aliphatic carbocycles. The number of aliphatic hydroxyl groups excluding tert-OH is 1. The SMILES string of the molecule is CCCCC(=O)NCc1cc(C#CCCO)ccc1F. The molecular weight excluding hydrogens is 257 g/mol. The second kappa shape index (κ2) is 9.11. The van der Waals surface area contributed by atoms with Crippen molar-refractivity contribution in [2.75, 3.05) is 6.61 Å². The van der Waals surface area contributed by atoms with Crippen molar-refractivity contribution in [2.45, 2.75) is 39.2 Å². The zero-order valence-corrected chi connectivity index (χ0v) is 11.7. The smallest absolute Gasteiger partial charge is 0.220 e. The van der Waals surface area contributed by atoms with Gasteiger partial charge in [0.2, 0.25) is 5.91 Å². The highest BCUT2D eigenvalue weighted by Crippen LogP contribution is 2.10. The van der Waals surface area contributed by atoms with Crippen LogP contribution in [0.4, 0.5) is 4.39 Å². The molecule has 4 heteroatoms. The summed E-state index contributed by atoms with van der Waals surface area (Å²) < 4.78 is 13.6. The fourth-order valence-corrected chi connectivity index (χ4v) is 1.63. The van der Waals surface area contributed by atoms with E-state index in [1.165, 1.54) is 6.07 Å². The Labute approximate surface area is 119 Å². The average molecular weight is 277 g/mol. The second-order valence-electron chi connectivity index (χ2n) is 4.46. The maximum Gasteiger partial charge on any atom is 0.220 e. The van der Waals surface area contributed by atoms with Gasteiger partial charge in [-0.3, -0.25) is 4.79 Å². The Morgan fingerprint density at radius 2 is 2.25 bits per heavy atom. The minimum absolute atomic E-state index is 0.00847. The maximum absolute atomic E-state index is 13.6. The molecular formula is C16H20FNO2. The van der Waals surface area contributed by atoms with E-state index in [2.05, 4.69) is 17.2 Å². The number of benzene rings is 1. The molecule has 20 heavy (non-hydrogen) atoms. The zero-order chi connectivity index (χ0) is 14.8. The summed E-state index contributed by atoms with van der Waals surface area (Å²) in [5, 5.41) is 11.4. The standard InChI is InChI=1S/C16H20FNO2/c1-2-3-7-16(20)18-12-14-11-13(6-4-5-10-19)8-9-15(14)17/h8-9,11,19H,2-3,5,7,10,12H2,1H3,(H,18,20). The highest BCUT2D eigenvalue weighted by atomic mass is 19.1. The van der Waals surface area contributed by atoms with Crippen molar-refractivity contribution in [3.8, 4) is 11.8 Å².